The summed E-state index contributed by atoms with van der Waals surface area (Å²) in [5.41, 5.74) is 0. The summed E-state index contributed by atoms with van der Waals surface area (Å²) in [4.78, 5) is 3.75. The lowest BCUT2D eigenvalue weighted by Crippen LogP contribution is -3.16. The van der Waals surface area contributed by atoms with Gasteiger partial charge in [0.25, 0.3) is 0 Å². The number of nitrogens with one attached hydrogen (secondary N) is 2. The largest absolute Gasteiger partial charge is 0.566 e. The van der Waals surface area contributed by atoms with Crippen LogP contribution in [0.5, 0.6) is 0 Å². The van der Waals surface area contributed by atoms with E-state index in [1.54, 1.807) is 0 Å². The standard InChI is InChI=1S/H2N4O3/c5-3-1-2-4(6)7-3/h3-4H. The summed E-state index contributed by atoms with van der Waals surface area (Å²) in [6.45, 7) is 0. The second kappa shape index (κ2) is 1.48. The highest BCUT2D eigenvalue weighted by Crippen LogP contribution is 1.53. The van der Waals surface area contributed by atoms with Gasteiger partial charge in [-0.15, -0.1) is 0 Å². The van der Waals surface area contributed by atoms with Crippen molar-refractivity contribution in [3.05, 3.63) is 10.4 Å². The molecule has 1 aliphatic rings. The first-order valence-electron chi connectivity index (χ1n) is 1.46. The summed E-state index contributed by atoms with van der Waals surface area (Å²) in [6.07, 6.45) is 0. The minimum absolute atomic E-state index is 0.940. The van der Waals surface area contributed by atoms with Gasteiger partial charge >= 0.3 is 0 Å². The number of nitrogens with zero attached hydrogens (tertiary/aromatic N) is 2. The maximum absolute atomic E-state index is 9.75. The average molecular weight is 106 g/mol. The van der Waals surface area contributed by atoms with E-state index in [9.17, 15) is 10.4 Å². The van der Waals surface area contributed by atoms with E-state index in [4.69, 9.17) is 0 Å². The maximum Gasteiger partial charge on any atom is 0.124 e. The molecule has 2 N–H and O–H groups in total. The van der Waals surface area contributed by atoms with Crippen LogP contribution in [0.2, 0.25) is 0 Å². The molecule has 0 aromatic carbocycles. The SMILES string of the molecule is [O-][NH+]1N=N[NH+]([O-])O1. The Morgan fingerprint density at radius 3 is 1.71 bits per heavy atom. The lowest BCUT2D eigenvalue weighted by atomic mass is 12.5. The van der Waals surface area contributed by atoms with Crippen molar-refractivity contribution in [3.8, 4) is 0 Å². The number of hydrogen-bond donors (Lipinski definition) is 2. The molecule has 0 spiro atoms. The highest BCUT2D eigenvalue weighted by Gasteiger charge is 2.11. The smallest absolute Gasteiger partial charge is 0.124 e. The number of quaternary nitrogens is 2. The van der Waals surface area contributed by atoms with Crippen molar-refractivity contribution in [2.45, 2.75) is 0 Å². The molecule has 0 aliphatic carbocycles. The van der Waals surface area contributed by atoms with Gasteiger partial charge in [0.15, 0.2) is 0 Å². The second-order valence-corrected chi connectivity index (χ2v) is 0.834. The van der Waals surface area contributed by atoms with Crippen molar-refractivity contribution in [2.24, 2.45) is 10.4 Å². The lowest BCUT2D eigenvalue weighted by molar-refractivity contribution is -1.28. The van der Waals surface area contributed by atoms with Crippen LogP contribution < -0.4 is 10.7 Å². The molecule has 1 rings (SSSR count). The van der Waals surface area contributed by atoms with E-state index >= 15 is 0 Å². The quantitative estimate of drug-likeness (QED) is 0.320. The molecule has 0 radical (unpaired) electrons. The zero-order valence-corrected chi connectivity index (χ0v) is 3.12. The van der Waals surface area contributed by atoms with Gasteiger partial charge in [-0.05, 0) is 10.7 Å². The first-order chi connectivity index (χ1) is 3.29. The van der Waals surface area contributed by atoms with E-state index in [-0.39, 0.29) is 0 Å². The van der Waals surface area contributed by atoms with Gasteiger partial charge in [-0.1, -0.05) is 0 Å². The lowest BCUT2D eigenvalue weighted by Gasteiger charge is -2.02. The summed E-state index contributed by atoms with van der Waals surface area (Å²) < 4.78 is 0. The van der Waals surface area contributed by atoms with Crippen LogP contribution in [0.1, 0.15) is 0 Å². The van der Waals surface area contributed by atoms with Crippen molar-refractivity contribution in [3.63, 3.8) is 0 Å². The topological polar surface area (TPSA) is 89.0 Å². The molecule has 40 valence electrons. The monoisotopic (exact) mass is 106 g/mol. The van der Waals surface area contributed by atoms with E-state index < -0.39 is 10.7 Å². The van der Waals surface area contributed by atoms with Crippen LogP contribution >= 0.6 is 0 Å². The number of hydrogen-bond acceptors (Lipinski definition) is 5. The first kappa shape index (κ1) is 4.56. The van der Waals surface area contributed by atoms with Crippen molar-refractivity contribution < 1.29 is 15.6 Å². The van der Waals surface area contributed by atoms with Crippen LogP contribution in [0, 0.1) is 10.4 Å². The van der Waals surface area contributed by atoms with Crippen LogP contribution in [-0.2, 0) is 4.94 Å². The van der Waals surface area contributed by atoms with E-state index in [0.29, 0.717) is 0 Å². The summed E-state index contributed by atoms with van der Waals surface area (Å²) >= 11 is 0. The fourth-order valence-electron chi connectivity index (χ4n) is 0.197. The fourth-order valence-corrected chi connectivity index (χ4v) is 0.197. The molecule has 7 heavy (non-hydrogen) atoms. The normalized spacial score (nSPS) is 39.7. The van der Waals surface area contributed by atoms with Crippen LogP contribution in [0.3, 0.4) is 0 Å². The van der Waals surface area contributed by atoms with Gasteiger partial charge in [-0.2, -0.15) is 0 Å². The Morgan fingerprint density at radius 2 is 1.57 bits per heavy atom. The molecule has 7 heteroatoms. The summed E-state index contributed by atoms with van der Waals surface area (Å²) in [5.74, 6) is 0. The molecule has 0 saturated carbocycles. The minimum Gasteiger partial charge on any atom is -0.566 e. The van der Waals surface area contributed by atoms with Gasteiger partial charge in [-0.25, -0.2) is 0 Å². The molecule has 0 aromatic heterocycles. The predicted octanol–water partition coefficient (Wildman–Crippen LogP) is -3.11. The Morgan fingerprint density at radius 1 is 1.14 bits per heavy atom. The molecular weight excluding hydrogens is 104 g/mol. The zero-order chi connectivity index (χ0) is 5.28. The minimum atomic E-state index is -0.940. The maximum atomic E-state index is 9.75. The predicted molar refractivity (Wildman–Crippen MR) is 14.6 cm³/mol. The highest BCUT2D eigenvalue weighted by atomic mass is 17.1. The molecule has 0 saturated heterocycles. The molecule has 2 unspecified atom stereocenters. The molecule has 0 fully saturated rings. The van der Waals surface area contributed by atoms with E-state index in [0.717, 1.165) is 0 Å². The van der Waals surface area contributed by atoms with Crippen molar-refractivity contribution in [1.82, 2.24) is 0 Å². The Bertz CT molecular complexity index is 78.9. The Hall–Kier alpha value is -0.600. The average Bonchev–Trinajstić information content (AvgIpc) is 1.87. The van der Waals surface area contributed by atoms with E-state index in [1.807, 2.05) is 0 Å². The summed E-state index contributed by atoms with van der Waals surface area (Å²) in [6, 6.07) is 0. The molecule has 2 atom stereocenters. The van der Waals surface area contributed by atoms with Crippen molar-refractivity contribution >= 4 is 0 Å². The van der Waals surface area contributed by atoms with Crippen LogP contribution in [-0.4, -0.2) is 0 Å². The third kappa shape index (κ3) is 0.885. The molecule has 1 aliphatic heterocycles. The van der Waals surface area contributed by atoms with Gasteiger partial charge in [0.05, 0.1) is 4.94 Å². The molecule has 0 amide bonds. The fraction of sp³-hybridized carbons (Fsp3) is 0. The van der Waals surface area contributed by atoms with Crippen LogP contribution in [0.15, 0.2) is 10.4 Å². The number of rotatable bonds is 0. The van der Waals surface area contributed by atoms with Gasteiger partial charge in [0.2, 0.25) is 0 Å². The molecular formula is H2N4O3. The Balaban J connectivity index is 2.42. The van der Waals surface area contributed by atoms with Gasteiger partial charge in [0.1, 0.15) is 10.4 Å². The zero-order valence-electron chi connectivity index (χ0n) is 3.12. The van der Waals surface area contributed by atoms with Gasteiger partial charge < -0.3 is 10.4 Å². The van der Waals surface area contributed by atoms with Gasteiger partial charge in [-0.3, -0.25) is 0 Å². The third-order valence-electron chi connectivity index (χ3n) is 0.388. The molecule has 7 nitrogen and oxygen atoms in total. The van der Waals surface area contributed by atoms with Crippen molar-refractivity contribution in [2.75, 3.05) is 0 Å². The first-order valence-corrected chi connectivity index (χ1v) is 1.46. The summed E-state index contributed by atoms with van der Waals surface area (Å²) in [5, 5.41) is 23.1. The second-order valence-electron chi connectivity index (χ2n) is 0.834. The van der Waals surface area contributed by atoms with Crippen LogP contribution in [0.25, 0.3) is 0 Å². The highest BCUT2D eigenvalue weighted by molar-refractivity contribution is 3.90. The Kier molecular flexibility index (Phi) is 0.964. The third-order valence-corrected chi connectivity index (χ3v) is 0.388. The summed E-state index contributed by atoms with van der Waals surface area (Å²) in [7, 11) is 0. The molecule has 1 heterocycles. The Labute approximate surface area is 37.8 Å². The van der Waals surface area contributed by atoms with E-state index in [1.165, 1.54) is 0 Å². The van der Waals surface area contributed by atoms with Gasteiger partial charge in [0, 0.05) is 0 Å². The molecule has 0 bridgehead atoms. The van der Waals surface area contributed by atoms with E-state index in [2.05, 4.69) is 15.4 Å². The molecule has 0 aromatic rings. The van der Waals surface area contributed by atoms with Crippen molar-refractivity contribution in [1.29, 1.82) is 0 Å². The van der Waals surface area contributed by atoms with Crippen LogP contribution in [0.4, 0.5) is 0 Å².